The molecule has 124 valence electrons. The van der Waals surface area contributed by atoms with E-state index in [2.05, 4.69) is 30.2 Å². The van der Waals surface area contributed by atoms with Crippen LogP contribution in [0.2, 0.25) is 0 Å². The van der Waals surface area contributed by atoms with Crippen molar-refractivity contribution in [1.29, 1.82) is 0 Å². The monoisotopic (exact) mass is 305 g/mol. The highest BCUT2D eigenvalue weighted by Gasteiger charge is 2.35. The van der Waals surface area contributed by atoms with Crippen molar-refractivity contribution < 1.29 is 9.76 Å². The summed E-state index contributed by atoms with van der Waals surface area (Å²) in [4.78, 5) is 2.43. The maximum absolute atomic E-state index is 10.1. The molecular weight excluding hydrogens is 273 g/mol. The number of likely N-dealkylation sites (tertiary alicyclic amines) is 1. The predicted molar refractivity (Wildman–Crippen MR) is 94.2 cm³/mol. The van der Waals surface area contributed by atoms with Gasteiger partial charge in [0.1, 0.15) is 0 Å². The normalized spacial score (nSPS) is 25.2. The summed E-state index contributed by atoms with van der Waals surface area (Å²) in [6.45, 7) is 9.95. The lowest BCUT2D eigenvalue weighted by molar-refractivity contribution is -0.0896. The summed E-state index contributed by atoms with van der Waals surface area (Å²) < 4.78 is 5.95. The average molecular weight is 305 g/mol. The van der Waals surface area contributed by atoms with Crippen LogP contribution >= 0.6 is 0 Å². The molecule has 1 unspecified atom stereocenters. The third kappa shape index (κ3) is 4.47. The number of aliphatic hydroxyl groups is 1. The van der Waals surface area contributed by atoms with Crippen molar-refractivity contribution in [2.24, 2.45) is 11.8 Å². The molecular formula is C18H32BNO2. The molecule has 0 aromatic carbocycles. The van der Waals surface area contributed by atoms with E-state index in [1.54, 1.807) is 13.8 Å². The van der Waals surface area contributed by atoms with Gasteiger partial charge in [-0.25, -0.2) is 0 Å². The number of hydrogen-bond donors (Lipinski definition) is 1. The van der Waals surface area contributed by atoms with E-state index in [4.69, 9.17) is 4.65 Å². The second kappa shape index (κ2) is 6.90. The van der Waals surface area contributed by atoms with Gasteiger partial charge >= 0.3 is 7.48 Å². The van der Waals surface area contributed by atoms with Crippen molar-refractivity contribution >= 4 is 7.48 Å². The standard InChI is InChI=1S/C18H32BNO2/c1-17(2,21)18(3,4)22-19-16-8-6-14(7-9-16)15-10-12-20(5)13-11-15/h6,8-9,14-15,19,21H,7,10-13H2,1-5H3. The fourth-order valence-electron chi connectivity index (χ4n) is 3.03. The first kappa shape index (κ1) is 17.8. The topological polar surface area (TPSA) is 32.7 Å². The zero-order valence-corrected chi connectivity index (χ0v) is 14.9. The van der Waals surface area contributed by atoms with Crippen LogP contribution in [0.15, 0.2) is 23.7 Å². The van der Waals surface area contributed by atoms with Gasteiger partial charge in [-0.05, 0) is 78.9 Å². The molecule has 1 fully saturated rings. The van der Waals surface area contributed by atoms with E-state index in [0.29, 0.717) is 13.4 Å². The molecule has 4 heteroatoms. The Morgan fingerprint density at radius 3 is 2.36 bits per heavy atom. The molecule has 1 heterocycles. The van der Waals surface area contributed by atoms with E-state index in [1.165, 1.54) is 31.4 Å². The maximum atomic E-state index is 10.1. The van der Waals surface area contributed by atoms with Gasteiger partial charge in [0.15, 0.2) is 0 Å². The molecule has 1 saturated heterocycles. The molecule has 22 heavy (non-hydrogen) atoms. The highest BCUT2D eigenvalue weighted by molar-refractivity contribution is 6.39. The van der Waals surface area contributed by atoms with Crippen molar-refractivity contribution in [3.05, 3.63) is 23.7 Å². The van der Waals surface area contributed by atoms with Crippen LogP contribution in [0.5, 0.6) is 0 Å². The summed E-state index contributed by atoms with van der Waals surface area (Å²) in [5, 5.41) is 10.1. The average Bonchev–Trinajstić information content (AvgIpc) is 2.45. The van der Waals surface area contributed by atoms with E-state index >= 15 is 0 Å². The van der Waals surface area contributed by atoms with Crippen molar-refractivity contribution in [2.45, 2.75) is 58.2 Å². The predicted octanol–water partition coefficient (Wildman–Crippen LogP) is 2.71. The van der Waals surface area contributed by atoms with Crippen molar-refractivity contribution in [3.63, 3.8) is 0 Å². The Labute approximate surface area is 136 Å². The molecule has 0 aromatic heterocycles. The number of hydrogen-bond acceptors (Lipinski definition) is 3. The number of allylic oxidation sites excluding steroid dienone is 4. The third-order valence-electron chi connectivity index (χ3n) is 5.65. The van der Waals surface area contributed by atoms with E-state index < -0.39 is 11.2 Å². The Hall–Kier alpha value is -0.575. The highest BCUT2D eigenvalue weighted by atomic mass is 16.5. The number of rotatable bonds is 5. The lowest BCUT2D eigenvalue weighted by Gasteiger charge is -2.38. The fourth-order valence-corrected chi connectivity index (χ4v) is 3.03. The maximum Gasteiger partial charge on any atom is 0.309 e. The van der Waals surface area contributed by atoms with Crippen LogP contribution in [-0.4, -0.2) is 48.8 Å². The molecule has 0 amide bonds. The zero-order chi connectivity index (χ0) is 16.4. The minimum absolute atomic E-state index is 0.549. The molecule has 0 radical (unpaired) electrons. The molecule has 0 bridgehead atoms. The molecule has 0 aromatic rings. The van der Waals surface area contributed by atoms with Gasteiger partial charge in [0.2, 0.25) is 0 Å². The molecule has 2 aliphatic rings. The second-order valence-electron chi connectivity index (χ2n) is 8.04. The van der Waals surface area contributed by atoms with Gasteiger partial charge in [0, 0.05) is 0 Å². The summed E-state index contributed by atoms with van der Waals surface area (Å²) in [6.07, 6.45) is 10.7. The van der Waals surface area contributed by atoms with E-state index in [1.807, 2.05) is 13.8 Å². The van der Waals surface area contributed by atoms with Crippen molar-refractivity contribution in [3.8, 4) is 0 Å². The third-order valence-corrected chi connectivity index (χ3v) is 5.65. The summed E-state index contributed by atoms with van der Waals surface area (Å²) >= 11 is 0. The smallest absolute Gasteiger partial charge is 0.309 e. The fraction of sp³-hybridized carbons (Fsp3) is 0.778. The number of nitrogens with zero attached hydrogens (tertiary/aromatic N) is 1. The van der Waals surface area contributed by atoms with Crippen LogP contribution in [0, 0.1) is 11.8 Å². The van der Waals surface area contributed by atoms with Crippen LogP contribution in [0.4, 0.5) is 0 Å². The molecule has 1 N–H and O–H groups in total. The van der Waals surface area contributed by atoms with Crippen molar-refractivity contribution in [1.82, 2.24) is 4.90 Å². The van der Waals surface area contributed by atoms with Gasteiger partial charge in [-0.15, -0.1) is 0 Å². The van der Waals surface area contributed by atoms with Gasteiger partial charge in [-0.1, -0.05) is 23.7 Å². The Kier molecular flexibility index (Phi) is 5.57. The lowest BCUT2D eigenvalue weighted by Crippen LogP contribution is -2.48. The molecule has 1 atom stereocenters. The quantitative estimate of drug-likeness (QED) is 0.793. The lowest BCUT2D eigenvalue weighted by atomic mass is 9.74. The zero-order valence-electron chi connectivity index (χ0n) is 14.9. The molecule has 1 aliphatic carbocycles. The van der Waals surface area contributed by atoms with Gasteiger partial charge in [-0.3, -0.25) is 0 Å². The SMILES string of the molecule is CN1CCC(C2C=CC(BOC(C)(C)C(C)(C)O)=CC2)CC1. The first-order valence-electron chi connectivity index (χ1n) is 8.61. The van der Waals surface area contributed by atoms with Crippen LogP contribution in [-0.2, 0) is 4.65 Å². The van der Waals surface area contributed by atoms with E-state index in [9.17, 15) is 5.11 Å². The van der Waals surface area contributed by atoms with Gasteiger partial charge in [0.25, 0.3) is 0 Å². The summed E-state index contributed by atoms with van der Waals surface area (Å²) in [7, 11) is 2.79. The Bertz CT molecular complexity index is 429. The minimum atomic E-state index is -0.845. The molecule has 0 spiro atoms. The largest absolute Gasteiger partial charge is 0.427 e. The summed E-state index contributed by atoms with van der Waals surface area (Å²) in [5.41, 5.74) is -0.156. The van der Waals surface area contributed by atoms with Crippen LogP contribution in [0.3, 0.4) is 0 Å². The van der Waals surface area contributed by atoms with Gasteiger partial charge in [0.05, 0.1) is 11.2 Å². The first-order chi connectivity index (χ1) is 10.2. The molecule has 2 rings (SSSR count). The molecule has 1 aliphatic heterocycles. The number of piperidine rings is 1. The molecule has 3 nitrogen and oxygen atoms in total. The minimum Gasteiger partial charge on any atom is -0.427 e. The highest BCUT2D eigenvalue weighted by Crippen LogP contribution is 2.31. The molecule has 0 saturated carbocycles. The van der Waals surface area contributed by atoms with E-state index in [0.717, 1.165) is 12.3 Å². The van der Waals surface area contributed by atoms with Crippen LogP contribution in [0.1, 0.15) is 47.0 Å². The Balaban J connectivity index is 1.81. The second-order valence-corrected chi connectivity index (χ2v) is 8.04. The van der Waals surface area contributed by atoms with Crippen molar-refractivity contribution in [2.75, 3.05) is 20.1 Å². The van der Waals surface area contributed by atoms with Gasteiger partial charge in [-0.2, -0.15) is 0 Å². The van der Waals surface area contributed by atoms with Gasteiger partial charge < -0.3 is 14.7 Å². The first-order valence-corrected chi connectivity index (χ1v) is 8.61. The van der Waals surface area contributed by atoms with Crippen LogP contribution in [0.25, 0.3) is 0 Å². The summed E-state index contributed by atoms with van der Waals surface area (Å²) in [6, 6.07) is 0. The summed E-state index contributed by atoms with van der Waals surface area (Å²) in [5.74, 6) is 1.53. The Morgan fingerprint density at radius 2 is 1.86 bits per heavy atom. The Morgan fingerprint density at radius 1 is 1.23 bits per heavy atom. The van der Waals surface area contributed by atoms with E-state index in [-0.39, 0.29) is 0 Å². The van der Waals surface area contributed by atoms with Crippen LogP contribution < -0.4 is 0 Å².